The van der Waals surface area contributed by atoms with E-state index in [4.69, 9.17) is 5.11 Å². The first-order valence-electron chi connectivity index (χ1n) is 6.66. The van der Waals surface area contributed by atoms with Gasteiger partial charge in [-0.15, -0.1) is 0 Å². The number of hydrogen-bond acceptors (Lipinski definition) is 2. The summed E-state index contributed by atoms with van der Waals surface area (Å²) in [4.78, 5) is 21.4. The van der Waals surface area contributed by atoms with Crippen molar-refractivity contribution in [2.24, 2.45) is 11.8 Å². The van der Waals surface area contributed by atoms with Crippen molar-refractivity contribution in [2.45, 2.75) is 25.7 Å². The average molecular weight is 258 g/mol. The molecule has 1 saturated carbocycles. The summed E-state index contributed by atoms with van der Waals surface area (Å²) in [6.07, 6.45) is 9.38. The zero-order valence-corrected chi connectivity index (χ0v) is 10.8. The van der Waals surface area contributed by atoms with Crippen molar-refractivity contribution in [3.8, 4) is 0 Å². The van der Waals surface area contributed by atoms with E-state index in [9.17, 15) is 9.59 Å². The largest absolute Gasteiger partial charge is 0.478 e. The minimum Gasteiger partial charge on any atom is -0.478 e. The molecule has 0 saturated heterocycles. The van der Waals surface area contributed by atoms with Gasteiger partial charge in [-0.05, 0) is 49.3 Å². The molecule has 0 aromatic heterocycles. The molecule has 1 aliphatic rings. The molecule has 100 valence electrons. The van der Waals surface area contributed by atoms with Crippen molar-refractivity contribution in [3.63, 3.8) is 0 Å². The number of carboxylic acids is 1. The van der Waals surface area contributed by atoms with Gasteiger partial charge in [0.05, 0.1) is 5.56 Å². The Labute approximate surface area is 113 Å². The predicted molar refractivity (Wildman–Crippen MR) is 73.9 cm³/mol. The second-order valence-electron chi connectivity index (χ2n) is 5.10. The molecule has 0 spiro atoms. The number of carbonyl (C=O) groups is 2. The molecule has 19 heavy (non-hydrogen) atoms. The lowest BCUT2D eigenvalue weighted by atomic mass is 9.82. The van der Waals surface area contributed by atoms with E-state index in [0.717, 1.165) is 37.5 Å². The van der Waals surface area contributed by atoms with Gasteiger partial charge >= 0.3 is 5.97 Å². The fraction of sp³-hybridized carbons (Fsp3) is 0.375. The number of hydrogen-bond donors (Lipinski definition) is 1. The number of aromatic carboxylic acids is 1. The van der Waals surface area contributed by atoms with Crippen LogP contribution in [0.3, 0.4) is 0 Å². The van der Waals surface area contributed by atoms with Gasteiger partial charge < -0.3 is 9.90 Å². The number of benzene rings is 1. The van der Waals surface area contributed by atoms with Crippen molar-refractivity contribution in [3.05, 3.63) is 41.5 Å². The summed E-state index contributed by atoms with van der Waals surface area (Å²) >= 11 is 0. The first-order valence-corrected chi connectivity index (χ1v) is 6.66. The molecule has 0 unspecified atom stereocenters. The van der Waals surface area contributed by atoms with Gasteiger partial charge in [-0.3, -0.25) is 0 Å². The molecule has 2 rings (SSSR count). The van der Waals surface area contributed by atoms with E-state index in [2.05, 4.69) is 6.08 Å². The van der Waals surface area contributed by atoms with Crippen LogP contribution in [0.1, 0.15) is 41.6 Å². The molecular formula is C16H18O3. The third-order valence-corrected chi connectivity index (χ3v) is 3.73. The van der Waals surface area contributed by atoms with E-state index in [0.29, 0.717) is 11.5 Å². The van der Waals surface area contributed by atoms with Gasteiger partial charge in [-0.2, -0.15) is 0 Å². The number of carbonyl (C=O) groups excluding carboxylic acids is 1. The zero-order valence-electron chi connectivity index (χ0n) is 10.8. The zero-order chi connectivity index (χ0) is 13.7. The molecule has 0 radical (unpaired) electrons. The average Bonchev–Trinajstić information content (AvgIpc) is 2.46. The van der Waals surface area contributed by atoms with E-state index in [-0.39, 0.29) is 5.92 Å². The van der Waals surface area contributed by atoms with Crippen LogP contribution in [0, 0.1) is 11.8 Å². The van der Waals surface area contributed by atoms with Gasteiger partial charge in [0.1, 0.15) is 6.29 Å². The molecule has 3 heteroatoms. The Balaban J connectivity index is 1.92. The number of aldehydes is 1. The van der Waals surface area contributed by atoms with Gasteiger partial charge in [0.25, 0.3) is 0 Å². The maximum Gasteiger partial charge on any atom is 0.335 e. The van der Waals surface area contributed by atoms with Crippen LogP contribution in [0.15, 0.2) is 30.3 Å². The molecule has 0 aliphatic heterocycles. The minimum atomic E-state index is -0.900. The molecule has 1 fully saturated rings. The summed E-state index contributed by atoms with van der Waals surface area (Å²) in [6, 6.07) is 6.87. The van der Waals surface area contributed by atoms with E-state index >= 15 is 0 Å². The van der Waals surface area contributed by atoms with E-state index in [1.807, 2.05) is 18.2 Å². The van der Waals surface area contributed by atoms with Gasteiger partial charge in [-0.1, -0.05) is 24.3 Å². The normalized spacial score (nSPS) is 23.4. The quantitative estimate of drug-likeness (QED) is 0.842. The summed E-state index contributed by atoms with van der Waals surface area (Å²) in [5.74, 6) is -0.113. The van der Waals surface area contributed by atoms with Gasteiger partial charge in [0, 0.05) is 5.92 Å². The third-order valence-electron chi connectivity index (χ3n) is 3.73. The standard InChI is InChI=1S/C16H18O3/c17-11-14-5-3-12(4-6-14)1-2-13-7-9-15(10-8-13)16(18)19/h1-2,7-12,14H,3-6H2,(H,18,19)/b2-1+. The molecule has 1 N–H and O–H groups in total. The molecular weight excluding hydrogens is 240 g/mol. The van der Waals surface area contributed by atoms with Crippen LogP contribution in [0.5, 0.6) is 0 Å². The first kappa shape index (κ1) is 13.5. The van der Waals surface area contributed by atoms with Gasteiger partial charge in [-0.25, -0.2) is 4.79 Å². The number of allylic oxidation sites excluding steroid dienone is 1. The van der Waals surface area contributed by atoms with E-state index < -0.39 is 5.97 Å². The molecule has 0 bridgehead atoms. The molecule has 0 heterocycles. The van der Waals surface area contributed by atoms with Gasteiger partial charge in [0.15, 0.2) is 0 Å². The van der Waals surface area contributed by atoms with Crippen molar-refractivity contribution in [1.29, 1.82) is 0 Å². The second kappa shape index (κ2) is 6.32. The maximum absolute atomic E-state index is 10.7. The van der Waals surface area contributed by atoms with Gasteiger partial charge in [0.2, 0.25) is 0 Å². The minimum absolute atomic E-state index is 0.250. The lowest BCUT2D eigenvalue weighted by Gasteiger charge is -2.22. The smallest absolute Gasteiger partial charge is 0.335 e. The van der Waals surface area contributed by atoms with Crippen LogP contribution in [0.25, 0.3) is 6.08 Å². The molecule has 0 atom stereocenters. The van der Waals surface area contributed by atoms with Crippen molar-refractivity contribution in [2.75, 3.05) is 0 Å². The molecule has 1 aliphatic carbocycles. The van der Waals surface area contributed by atoms with E-state index in [1.165, 1.54) is 0 Å². The molecule has 1 aromatic rings. The fourth-order valence-electron chi connectivity index (χ4n) is 2.46. The van der Waals surface area contributed by atoms with Crippen LogP contribution in [0.4, 0.5) is 0 Å². The van der Waals surface area contributed by atoms with Crippen LogP contribution in [-0.4, -0.2) is 17.4 Å². The Bertz CT molecular complexity index is 465. The van der Waals surface area contributed by atoms with E-state index in [1.54, 1.807) is 12.1 Å². The summed E-state index contributed by atoms with van der Waals surface area (Å²) in [5, 5.41) is 8.81. The highest BCUT2D eigenvalue weighted by molar-refractivity contribution is 5.87. The molecule has 3 nitrogen and oxygen atoms in total. The predicted octanol–water partition coefficient (Wildman–Crippen LogP) is 3.40. The van der Waals surface area contributed by atoms with Crippen molar-refractivity contribution < 1.29 is 14.7 Å². The second-order valence-corrected chi connectivity index (χ2v) is 5.10. The van der Waals surface area contributed by atoms with Crippen LogP contribution in [-0.2, 0) is 4.79 Å². The third kappa shape index (κ3) is 3.78. The Morgan fingerprint density at radius 2 is 1.63 bits per heavy atom. The fourth-order valence-corrected chi connectivity index (χ4v) is 2.46. The summed E-state index contributed by atoms with van der Waals surface area (Å²) in [6.45, 7) is 0. The SMILES string of the molecule is O=CC1CCC(/C=C/c2ccc(C(=O)O)cc2)CC1. The topological polar surface area (TPSA) is 54.4 Å². The molecule has 1 aromatic carbocycles. The maximum atomic E-state index is 10.7. The summed E-state index contributed by atoms with van der Waals surface area (Å²) < 4.78 is 0. The Kier molecular flexibility index (Phi) is 4.50. The van der Waals surface area contributed by atoms with Crippen LogP contribution < -0.4 is 0 Å². The monoisotopic (exact) mass is 258 g/mol. The molecule has 0 amide bonds. The van der Waals surface area contributed by atoms with Crippen molar-refractivity contribution in [1.82, 2.24) is 0 Å². The highest BCUT2D eigenvalue weighted by Gasteiger charge is 2.18. The first-order chi connectivity index (χ1) is 9.19. The highest BCUT2D eigenvalue weighted by atomic mass is 16.4. The highest BCUT2D eigenvalue weighted by Crippen LogP contribution is 2.28. The lowest BCUT2D eigenvalue weighted by molar-refractivity contribution is -0.112. The van der Waals surface area contributed by atoms with Crippen LogP contribution in [0.2, 0.25) is 0 Å². The van der Waals surface area contributed by atoms with Crippen molar-refractivity contribution >= 4 is 18.3 Å². The Morgan fingerprint density at radius 3 is 2.16 bits per heavy atom. The Morgan fingerprint density at radius 1 is 1.05 bits per heavy atom. The summed E-state index contributed by atoms with van der Waals surface area (Å²) in [5.41, 5.74) is 1.33. The lowest BCUT2D eigenvalue weighted by Crippen LogP contribution is -2.13. The Hall–Kier alpha value is -1.90. The number of rotatable bonds is 4. The summed E-state index contributed by atoms with van der Waals surface area (Å²) in [7, 11) is 0. The van der Waals surface area contributed by atoms with Crippen LogP contribution >= 0.6 is 0 Å². The number of carboxylic acid groups (broad SMARTS) is 1.